The molecule has 27 heavy (non-hydrogen) atoms. The third kappa shape index (κ3) is 5.67. The fraction of sp³-hybridized carbons (Fsp3) is 0.286. The number of likely N-dealkylation sites (N-methyl/N-ethyl adjacent to an activating group) is 1. The number of benzene rings is 2. The van der Waals surface area contributed by atoms with E-state index in [-0.39, 0.29) is 30.3 Å². The van der Waals surface area contributed by atoms with Gasteiger partial charge in [0.15, 0.2) is 0 Å². The molecule has 0 saturated heterocycles. The number of carbonyl (C=O) groups excluding carboxylic acids is 3. The lowest BCUT2D eigenvalue weighted by molar-refractivity contribution is -0.127. The number of nitrogens with zero attached hydrogens (tertiary/aromatic N) is 1. The van der Waals surface area contributed by atoms with Gasteiger partial charge in [0.1, 0.15) is 0 Å². The maximum Gasteiger partial charge on any atom is 0.251 e. The van der Waals surface area contributed by atoms with Gasteiger partial charge in [-0.2, -0.15) is 0 Å². The minimum absolute atomic E-state index is 0.0359. The molecule has 0 unspecified atom stereocenters. The van der Waals surface area contributed by atoms with Gasteiger partial charge < -0.3 is 15.5 Å². The largest absolute Gasteiger partial charge is 0.350 e. The zero-order valence-electron chi connectivity index (χ0n) is 16.1. The van der Waals surface area contributed by atoms with Gasteiger partial charge >= 0.3 is 0 Å². The lowest BCUT2D eigenvalue weighted by Gasteiger charge is -2.14. The van der Waals surface area contributed by atoms with Crippen molar-refractivity contribution >= 4 is 17.7 Å². The van der Waals surface area contributed by atoms with E-state index in [4.69, 9.17) is 0 Å². The van der Waals surface area contributed by atoms with E-state index in [9.17, 15) is 14.4 Å². The van der Waals surface area contributed by atoms with Gasteiger partial charge in [-0.25, -0.2) is 0 Å². The van der Waals surface area contributed by atoms with Crippen molar-refractivity contribution < 1.29 is 14.4 Å². The number of amides is 3. The fourth-order valence-corrected chi connectivity index (χ4v) is 2.61. The van der Waals surface area contributed by atoms with Gasteiger partial charge in [-0.1, -0.05) is 36.4 Å². The Morgan fingerprint density at radius 2 is 1.67 bits per heavy atom. The molecule has 2 aromatic carbocycles. The topological polar surface area (TPSA) is 78.5 Å². The predicted molar refractivity (Wildman–Crippen MR) is 105 cm³/mol. The van der Waals surface area contributed by atoms with E-state index in [0.29, 0.717) is 5.56 Å². The van der Waals surface area contributed by atoms with E-state index >= 15 is 0 Å². The Morgan fingerprint density at radius 3 is 2.26 bits per heavy atom. The lowest BCUT2D eigenvalue weighted by Crippen LogP contribution is -2.36. The molecule has 0 bridgehead atoms. The maximum absolute atomic E-state index is 12.3. The quantitative estimate of drug-likeness (QED) is 0.823. The van der Waals surface area contributed by atoms with Crippen molar-refractivity contribution in [1.82, 2.24) is 15.5 Å². The van der Waals surface area contributed by atoms with Crippen molar-refractivity contribution in [2.75, 3.05) is 20.6 Å². The minimum atomic E-state index is -0.289. The van der Waals surface area contributed by atoms with E-state index in [1.54, 1.807) is 26.2 Å². The van der Waals surface area contributed by atoms with E-state index in [1.165, 1.54) is 11.8 Å². The second kappa shape index (κ2) is 8.98. The molecular weight excluding hydrogens is 342 g/mol. The van der Waals surface area contributed by atoms with Gasteiger partial charge in [-0.05, 0) is 35.7 Å². The van der Waals surface area contributed by atoms with Crippen LogP contribution in [0.25, 0.3) is 11.1 Å². The molecule has 0 fully saturated rings. The van der Waals surface area contributed by atoms with Gasteiger partial charge in [-0.15, -0.1) is 0 Å². The summed E-state index contributed by atoms with van der Waals surface area (Å²) in [6.07, 6.45) is 0. The molecule has 2 N–H and O–H groups in total. The van der Waals surface area contributed by atoms with Crippen LogP contribution in [0.4, 0.5) is 0 Å². The first-order valence-electron chi connectivity index (χ1n) is 8.73. The van der Waals surface area contributed by atoms with E-state index in [0.717, 1.165) is 16.7 Å². The van der Waals surface area contributed by atoms with Gasteiger partial charge in [0.05, 0.1) is 12.6 Å². The number of hydrogen-bond acceptors (Lipinski definition) is 3. The van der Waals surface area contributed by atoms with Crippen molar-refractivity contribution in [2.24, 2.45) is 0 Å². The second-order valence-corrected chi connectivity index (χ2v) is 6.60. The highest BCUT2D eigenvalue weighted by atomic mass is 16.2. The van der Waals surface area contributed by atoms with Crippen molar-refractivity contribution in [1.29, 1.82) is 0 Å². The summed E-state index contributed by atoms with van der Waals surface area (Å²) in [5.41, 5.74) is 3.37. The van der Waals surface area contributed by atoms with Crippen LogP contribution in [0.5, 0.6) is 0 Å². The molecule has 0 radical (unpaired) electrons. The first-order chi connectivity index (χ1) is 12.8. The molecule has 2 aromatic rings. The zero-order chi connectivity index (χ0) is 20.0. The molecule has 3 amide bonds. The van der Waals surface area contributed by atoms with Gasteiger partial charge in [0.25, 0.3) is 5.91 Å². The first-order valence-corrected chi connectivity index (χ1v) is 8.73. The van der Waals surface area contributed by atoms with Crippen LogP contribution in [-0.2, 0) is 9.59 Å². The van der Waals surface area contributed by atoms with Crippen molar-refractivity contribution in [3.63, 3.8) is 0 Å². The highest BCUT2D eigenvalue weighted by Gasteiger charge is 2.11. The zero-order valence-corrected chi connectivity index (χ0v) is 16.1. The molecule has 142 valence electrons. The number of hydrogen-bond donors (Lipinski definition) is 2. The highest BCUT2D eigenvalue weighted by molar-refractivity contribution is 5.97. The molecule has 0 aliphatic rings. The van der Waals surface area contributed by atoms with Crippen LogP contribution < -0.4 is 10.6 Å². The summed E-state index contributed by atoms with van der Waals surface area (Å²) in [4.78, 5) is 36.5. The third-order valence-electron chi connectivity index (χ3n) is 4.19. The molecule has 0 spiro atoms. The van der Waals surface area contributed by atoms with Crippen molar-refractivity contribution in [2.45, 2.75) is 19.9 Å². The molecule has 0 heterocycles. The number of carbonyl (C=O) groups is 3. The molecule has 0 saturated carbocycles. The number of rotatable bonds is 6. The summed E-state index contributed by atoms with van der Waals surface area (Å²) in [7, 11) is 3.29. The van der Waals surface area contributed by atoms with E-state index in [2.05, 4.69) is 10.6 Å². The van der Waals surface area contributed by atoms with Crippen LogP contribution in [0, 0.1) is 0 Å². The standard InChI is InChI=1S/C21H25N3O3/c1-14(23-15(2)25)16-8-10-17(11-9-16)18-6-5-7-19(12-18)21(27)22-13-20(26)24(3)4/h5-12,14H,13H2,1-4H3,(H,22,27)(H,23,25)/t14-/m0/s1. The molecule has 0 aliphatic heterocycles. The van der Waals surface area contributed by atoms with Gasteiger partial charge in [-0.3, -0.25) is 14.4 Å². The van der Waals surface area contributed by atoms with Crippen LogP contribution in [0.3, 0.4) is 0 Å². The lowest BCUT2D eigenvalue weighted by atomic mass is 9.99. The Hall–Kier alpha value is -3.15. The Balaban J connectivity index is 2.11. The Kier molecular flexibility index (Phi) is 6.71. The summed E-state index contributed by atoms with van der Waals surface area (Å²) >= 11 is 0. The van der Waals surface area contributed by atoms with Crippen LogP contribution in [-0.4, -0.2) is 43.3 Å². The van der Waals surface area contributed by atoms with Crippen LogP contribution >= 0.6 is 0 Å². The van der Waals surface area contributed by atoms with Gasteiger partial charge in [0.2, 0.25) is 11.8 Å². The molecule has 0 aromatic heterocycles. The normalized spacial score (nSPS) is 11.4. The Bertz CT molecular complexity index is 829. The maximum atomic E-state index is 12.3. The van der Waals surface area contributed by atoms with Crippen LogP contribution in [0.1, 0.15) is 35.8 Å². The minimum Gasteiger partial charge on any atom is -0.350 e. The molecule has 2 rings (SSSR count). The summed E-state index contributed by atoms with van der Waals surface area (Å²) in [5.74, 6) is -0.524. The average molecular weight is 367 g/mol. The summed E-state index contributed by atoms with van der Waals surface area (Å²) < 4.78 is 0. The highest BCUT2D eigenvalue weighted by Crippen LogP contribution is 2.23. The van der Waals surface area contributed by atoms with Crippen LogP contribution in [0.15, 0.2) is 48.5 Å². The molecule has 6 heteroatoms. The molecular formula is C21H25N3O3. The van der Waals surface area contributed by atoms with Crippen molar-refractivity contribution in [3.05, 3.63) is 59.7 Å². The smallest absolute Gasteiger partial charge is 0.251 e. The SMILES string of the molecule is CC(=O)N[C@@H](C)c1ccc(-c2cccc(C(=O)NCC(=O)N(C)C)c2)cc1. The number of nitrogens with one attached hydrogen (secondary N) is 2. The van der Waals surface area contributed by atoms with E-state index in [1.807, 2.05) is 43.3 Å². The fourth-order valence-electron chi connectivity index (χ4n) is 2.61. The molecule has 1 atom stereocenters. The predicted octanol–water partition coefficient (Wildman–Crippen LogP) is 2.37. The first kappa shape index (κ1) is 20.2. The molecule has 6 nitrogen and oxygen atoms in total. The Labute approximate surface area is 159 Å². The Morgan fingerprint density at radius 1 is 1.00 bits per heavy atom. The third-order valence-corrected chi connectivity index (χ3v) is 4.19. The monoisotopic (exact) mass is 367 g/mol. The molecule has 0 aliphatic carbocycles. The van der Waals surface area contributed by atoms with Gasteiger partial charge in [0, 0.05) is 26.6 Å². The average Bonchev–Trinajstić information content (AvgIpc) is 2.65. The second-order valence-electron chi connectivity index (χ2n) is 6.60. The van der Waals surface area contributed by atoms with E-state index < -0.39 is 0 Å². The summed E-state index contributed by atoms with van der Waals surface area (Å²) in [6.45, 7) is 3.38. The summed E-state index contributed by atoms with van der Waals surface area (Å²) in [5, 5.41) is 5.48. The summed E-state index contributed by atoms with van der Waals surface area (Å²) in [6, 6.07) is 15.0. The van der Waals surface area contributed by atoms with Crippen LogP contribution in [0.2, 0.25) is 0 Å². The van der Waals surface area contributed by atoms with Crippen molar-refractivity contribution in [3.8, 4) is 11.1 Å².